The van der Waals surface area contributed by atoms with Gasteiger partial charge in [0.2, 0.25) is 5.76 Å². The van der Waals surface area contributed by atoms with Gasteiger partial charge in [0.25, 0.3) is 0 Å². The van der Waals surface area contributed by atoms with Crippen molar-refractivity contribution in [3.05, 3.63) is 40.1 Å². The Morgan fingerprint density at radius 1 is 1.25 bits per heavy atom. The van der Waals surface area contributed by atoms with E-state index in [0.29, 0.717) is 16.7 Å². The highest BCUT2D eigenvalue weighted by Gasteiger charge is 2.14. The van der Waals surface area contributed by atoms with Gasteiger partial charge in [-0.2, -0.15) is 0 Å². The lowest BCUT2D eigenvalue weighted by atomic mass is 10.2. The Labute approximate surface area is 121 Å². The Morgan fingerprint density at radius 2 is 1.85 bits per heavy atom. The molecular weight excluding hydrogens is 276 g/mol. The second-order valence-corrected chi connectivity index (χ2v) is 5.53. The number of carboxylic acid groups (broad SMARTS) is 1. The summed E-state index contributed by atoms with van der Waals surface area (Å²) in [5.74, 6) is 0.123. The molecule has 20 heavy (non-hydrogen) atoms. The first kappa shape index (κ1) is 14.6. The van der Waals surface area contributed by atoms with Gasteiger partial charge in [-0.25, -0.2) is 14.8 Å². The zero-order chi connectivity index (χ0) is 14.9. The summed E-state index contributed by atoms with van der Waals surface area (Å²) < 4.78 is 5.18. The first-order chi connectivity index (χ1) is 9.38. The third kappa shape index (κ3) is 3.01. The fourth-order valence-corrected chi connectivity index (χ4v) is 2.69. The van der Waals surface area contributed by atoms with Crippen LogP contribution in [0, 0.1) is 27.7 Å². The zero-order valence-corrected chi connectivity index (χ0v) is 12.7. The molecule has 2 aromatic heterocycles. The summed E-state index contributed by atoms with van der Waals surface area (Å²) in [5.41, 5.74) is 3.89. The quantitative estimate of drug-likeness (QED) is 0.688. The van der Waals surface area contributed by atoms with E-state index in [1.54, 1.807) is 13.0 Å². The topological polar surface area (TPSA) is 76.2 Å². The van der Waals surface area contributed by atoms with Crippen LogP contribution in [-0.4, -0.2) is 21.0 Å². The van der Waals surface area contributed by atoms with Gasteiger partial charge in [0, 0.05) is 22.7 Å². The number of carbonyl (C=O) groups is 1. The number of nitrogens with zero attached hydrogens (tertiary/aromatic N) is 2. The van der Waals surface area contributed by atoms with Crippen molar-refractivity contribution < 1.29 is 14.3 Å². The lowest BCUT2D eigenvalue weighted by Gasteiger charge is -2.06. The van der Waals surface area contributed by atoms with E-state index >= 15 is 0 Å². The molecule has 0 unspecified atom stereocenters. The zero-order valence-electron chi connectivity index (χ0n) is 11.9. The number of aryl methyl sites for hydroxylation is 3. The molecule has 106 valence electrons. The molecule has 6 heteroatoms. The molecule has 2 heterocycles. The van der Waals surface area contributed by atoms with Gasteiger partial charge in [-0.1, -0.05) is 11.8 Å². The van der Waals surface area contributed by atoms with Crippen LogP contribution in [0.4, 0.5) is 0 Å². The van der Waals surface area contributed by atoms with Crippen LogP contribution in [0.5, 0.6) is 0 Å². The molecule has 2 aromatic rings. The first-order valence-corrected chi connectivity index (χ1v) is 7.14. The number of carboxylic acids is 1. The lowest BCUT2D eigenvalue weighted by molar-refractivity contribution is 0.0661. The molecule has 0 aliphatic rings. The van der Waals surface area contributed by atoms with Crippen LogP contribution in [0.25, 0.3) is 0 Å². The van der Waals surface area contributed by atoms with Gasteiger partial charge in [0.1, 0.15) is 5.76 Å². The lowest BCUT2D eigenvalue weighted by Crippen LogP contribution is -1.98. The summed E-state index contributed by atoms with van der Waals surface area (Å²) in [4.78, 5) is 19.7. The second kappa shape index (κ2) is 5.66. The Bertz CT molecular complexity index is 641. The number of aromatic nitrogens is 2. The molecule has 0 atom stereocenters. The Hall–Kier alpha value is -1.82. The van der Waals surface area contributed by atoms with E-state index in [2.05, 4.69) is 9.97 Å². The number of aromatic carboxylic acids is 1. The average molecular weight is 292 g/mol. The van der Waals surface area contributed by atoms with E-state index in [0.717, 1.165) is 22.5 Å². The molecule has 5 nitrogen and oxygen atoms in total. The monoisotopic (exact) mass is 292 g/mol. The van der Waals surface area contributed by atoms with Crippen molar-refractivity contribution in [2.75, 3.05) is 0 Å². The fourth-order valence-electron chi connectivity index (χ4n) is 1.72. The van der Waals surface area contributed by atoms with Crippen LogP contribution in [0.3, 0.4) is 0 Å². The van der Waals surface area contributed by atoms with Crippen LogP contribution < -0.4 is 0 Å². The van der Waals surface area contributed by atoms with Crippen molar-refractivity contribution in [3.8, 4) is 0 Å². The summed E-state index contributed by atoms with van der Waals surface area (Å²) in [5, 5.41) is 9.58. The van der Waals surface area contributed by atoms with Gasteiger partial charge in [-0.3, -0.25) is 0 Å². The van der Waals surface area contributed by atoms with Crippen molar-refractivity contribution in [2.24, 2.45) is 0 Å². The van der Waals surface area contributed by atoms with Gasteiger partial charge < -0.3 is 9.52 Å². The van der Waals surface area contributed by atoms with Crippen LogP contribution in [0.15, 0.2) is 15.6 Å². The van der Waals surface area contributed by atoms with Crippen molar-refractivity contribution >= 4 is 17.7 Å². The largest absolute Gasteiger partial charge is 0.475 e. The predicted molar refractivity (Wildman–Crippen MR) is 76.2 cm³/mol. The molecule has 0 spiro atoms. The third-order valence-corrected chi connectivity index (χ3v) is 4.10. The summed E-state index contributed by atoms with van der Waals surface area (Å²) >= 11 is 1.47. The molecule has 0 saturated heterocycles. The molecule has 0 fully saturated rings. The molecule has 0 aromatic carbocycles. The van der Waals surface area contributed by atoms with Crippen molar-refractivity contribution in [1.82, 2.24) is 9.97 Å². The van der Waals surface area contributed by atoms with Gasteiger partial charge in [0.15, 0.2) is 5.16 Å². The number of rotatable bonds is 4. The molecule has 0 amide bonds. The van der Waals surface area contributed by atoms with E-state index in [9.17, 15) is 4.79 Å². The summed E-state index contributed by atoms with van der Waals surface area (Å²) in [6.07, 6.45) is 0. The van der Waals surface area contributed by atoms with Crippen molar-refractivity contribution in [3.63, 3.8) is 0 Å². The maximum Gasteiger partial charge on any atom is 0.371 e. The van der Waals surface area contributed by atoms with Crippen LogP contribution in [-0.2, 0) is 5.75 Å². The highest BCUT2D eigenvalue weighted by Crippen LogP contribution is 2.25. The molecule has 0 bridgehead atoms. The van der Waals surface area contributed by atoms with E-state index in [4.69, 9.17) is 9.52 Å². The van der Waals surface area contributed by atoms with Crippen molar-refractivity contribution in [2.45, 2.75) is 38.6 Å². The maximum absolute atomic E-state index is 10.8. The maximum atomic E-state index is 10.8. The van der Waals surface area contributed by atoms with Gasteiger partial charge in [-0.05, 0) is 39.3 Å². The Morgan fingerprint density at radius 3 is 2.35 bits per heavy atom. The first-order valence-electron chi connectivity index (χ1n) is 6.15. The van der Waals surface area contributed by atoms with Gasteiger partial charge in [0.05, 0.1) is 0 Å². The molecular formula is C14H16N2O3S. The highest BCUT2D eigenvalue weighted by atomic mass is 32.2. The highest BCUT2D eigenvalue weighted by molar-refractivity contribution is 7.98. The smallest absolute Gasteiger partial charge is 0.371 e. The summed E-state index contributed by atoms with van der Waals surface area (Å²) in [6, 6.07) is 1.55. The molecule has 1 N–H and O–H groups in total. The van der Waals surface area contributed by atoms with Crippen LogP contribution in [0.1, 0.15) is 38.8 Å². The molecule has 0 radical (unpaired) electrons. The summed E-state index contributed by atoms with van der Waals surface area (Å²) in [6.45, 7) is 7.67. The molecule has 0 aliphatic carbocycles. The van der Waals surface area contributed by atoms with Crippen LogP contribution in [0.2, 0.25) is 0 Å². The van der Waals surface area contributed by atoms with E-state index < -0.39 is 5.97 Å². The van der Waals surface area contributed by atoms with E-state index in [-0.39, 0.29) is 5.76 Å². The molecule has 0 aliphatic heterocycles. The summed E-state index contributed by atoms with van der Waals surface area (Å²) in [7, 11) is 0. The van der Waals surface area contributed by atoms with Crippen LogP contribution >= 0.6 is 11.8 Å². The minimum Gasteiger partial charge on any atom is -0.475 e. The number of thioether (sulfide) groups is 1. The second-order valence-electron chi connectivity index (χ2n) is 4.59. The Balaban J connectivity index is 2.15. The third-order valence-electron chi connectivity index (χ3n) is 3.20. The van der Waals surface area contributed by atoms with E-state index in [1.807, 2.05) is 20.8 Å². The minimum absolute atomic E-state index is 0.0321. The molecule has 2 rings (SSSR count). The SMILES string of the molecule is Cc1nc(SCc2cc(C(=O)O)oc2C)nc(C)c1C. The number of hydrogen-bond acceptors (Lipinski definition) is 5. The molecule has 0 saturated carbocycles. The van der Waals surface area contributed by atoms with Gasteiger partial charge in [-0.15, -0.1) is 0 Å². The normalized spacial score (nSPS) is 10.8. The van der Waals surface area contributed by atoms with E-state index in [1.165, 1.54) is 11.8 Å². The average Bonchev–Trinajstić information content (AvgIpc) is 2.75. The number of furan rings is 1. The number of hydrogen-bond donors (Lipinski definition) is 1. The minimum atomic E-state index is -1.05. The Kier molecular flexibility index (Phi) is 4.13. The van der Waals surface area contributed by atoms with Crippen molar-refractivity contribution in [1.29, 1.82) is 0 Å². The predicted octanol–water partition coefficient (Wildman–Crippen LogP) is 3.29. The fraction of sp³-hybridized carbons (Fsp3) is 0.357. The standard InChI is InChI=1S/C14H16N2O3S/c1-7-8(2)15-14(16-9(7)3)20-6-11-5-12(13(17)18)19-10(11)4/h5H,6H2,1-4H3,(H,17,18). The van der Waals surface area contributed by atoms with Gasteiger partial charge >= 0.3 is 5.97 Å².